The van der Waals surface area contributed by atoms with Gasteiger partial charge in [0.15, 0.2) is 0 Å². The largest absolute Gasteiger partial charge is 0.449 e. The quantitative estimate of drug-likeness (QED) is 0.269. The summed E-state index contributed by atoms with van der Waals surface area (Å²) in [5.41, 5.74) is 0. The van der Waals surface area contributed by atoms with Crippen molar-refractivity contribution >= 4 is 40.5 Å². The first-order chi connectivity index (χ1) is 9.83. The van der Waals surface area contributed by atoms with Gasteiger partial charge >= 0.3 is 18.5 Å². The molecule has 16 heteroatoms. The van der Waals surface area contributed by atoms with Crippen LogP contribution in [0.25, 0.3) is 0 Å². The Morgan fingerprint density at radius 1 is 0.840 bits per heavy atom. The van der Waals surface area contributed by atoms with Crippen molar-refractivity contribution in [3.63, 3.8) is 0 Å². The highest BCUT2D eigenvalue weighted by Crippen LogP contribution is 2.18. The monoisotopic (exact) mass is 540 g/mol. The van der Waals surface area contributed by atoms with Gasteiger partial charge in [0.2, 0.25) is 11.6 Å². The van der Waals surface area contributed by atoms with Crippen LogP contribution in [-0.4, -0.2) is 41.3 Å². The molecular weight excluding hydrogens is 523 g/mol. The van der Waals surface area contributed by atoms with E-state index in [4.69, 9.17) is 5.11 Å². The van der Waals surface area contributed by atoms with E-state index in [9.17, 15) is 49.1 Å². The molecule has 0 aromatic carbocycles. The third-order valence-electron chi connectivity index (χ3n) is 1.27. The second-order valence-corrected chi connectivity index (χ2v) is 3.33. The van der Waals surface area contributed by atoms with Gasteiger partial charge in [-0.25, -0.2) is 0 Å². The Morgan fingerprint density at radius 2 is 0.920 bits per heavy atom. The molecule has 2 unspecified atom stereocenters. The van der Waals surface area contributed by atoms with Crippen molar-refractivity contribution in [2.45, 2.75) is 45.4 Å². The second kappa shape index (κ2) is 17.1. The van der Waals surface area contributed by atoms with Gasteiger partial charge < -0.3 is 5.11 Å². The first kappa shape index (κ1) is 39.7. The third kappa shape index (κ3) is 35.6. The summed E-state index contributed by atoms with van der Waals surface area (Å²) in [5, 5.41) is 7.76. The highest BCUT2D eigenvalue weighted by Gasteiger charge is 2.34. The van der Waals surface area contributed by atoms with Gasteiger partial charge in [-0.2, -0.15) is 39.5 Å². The SMILES string of the molecule is CC(=O)C(F)(F)F.CC(=O)C(F)(F)F.CC(O)C(F)(F)F.F.F.PI.[HH]. The summed E-state index contributed by atoms with van der Waals surface area (Å²) in [6.07, 6.45) is -15.9. The molecular formula is C9H17F11IO3P. The number of aliphatic hydroxyl groups excluding tert-OH is 1. The average molecular weight is 540 g/mol. The van der Waals surface area contributed by atoms with E-state index in [1.807, 2.05) is 0 Å². The van der Waals surface area contributed by atoms with Crippen molar-refractivity contribution in [1.29, 1.82) is 0 Å². The van der Waals surface area contributed by atoms with E-state index in [0.29, 0.717) is 20.8 Å². The van der Waals surface area contributed by atoms with Gasteiger partial charge in [0.05, 0.1) is 0 Å². The zero-order valence-corrected chi connectivity index (χ0v) is 15.8. The third-order valence-corrected chi connectivity index (χ3v) is 1.27. The molecule has 0 aliphatic heterocycles. The Bertz CT molecular complexity index is 321. The Morgan fingerprint density at radius 3 is 0.920 bits per heavy atom. The molecule has 0 radical (unpaired) electrons. The Kier molecular flexibility index (Phi) is 27.2. The van der Waals surface area contributed by atoms with Crippen molar-refractivity contribution in [2.75, 3.05) is 0 Å². The van der Waals surface area contributed by atoms with E-state index >= 15 is 0 Å². The van der Waals surface area contributed by atoms with Gasteiger partial charge in [0, 0.05) is 15.3 Å². The van der Waals surface area contributed by atoms with Crippen molar-refractivity contribution in [3.8, 4) is 0 Å². The molecule has 0 fully saturated rings. The fraction of sp³-hybridized carbons (Fsp3) is 0.778. The Balaban J connectivity index is -0.0000000376. The van der Waals surface area contributed by atoms with E-state index in [1.54, 1.807) is 0 Å². The van der Waals surface area contributed by atoms with E-state index < -0.39 is 36.2 Å². The molecule has 0 aromatic heterocycles. The van der Waals surface area contributed by atoms with Crippen LogP contribution >= 0.6 is 28.9 Å². The topological polar surface area (TPSA) is 54.4 Å². The lowest BCUT2D eigenvalue weighted by atomic mass is 10.4. The first-order valence-corrected chi connectivity index (χ1v) is 9.12. The van der Waals surface area contributed by atoms with Crippen LogP contribution in [0.3, 0.4) is 0 Å². The molecule has 1 N–H and O–H groups in total. The fourth-order valence-corrected chi connectivity index (χ4v) is 0. The van der Waals surface area contributed by atoms with E-state index in [-0.39, 0.29) is 10.8 Å². The Labute approximate surface area is 151 Å². The number of Topliss-reactive ketones (excluding diaryl/α,β-unsaturated/α-hetero) is 2. The molecule has 0 amide bonds. The summed E-state index contributed by atoms with van der Waals surface area (Å²) in [6.45, 7) is 4.04. The van der Waals surface area contributed by atoms with E-state index in [2.05, 4.69) is 28.9 Å². The number of hydrogen-bond acceptors (Lipinski definition) is 3. The molecule has 0 saturated carbocycles. The number of hydrogen-bond donors (Lipinski definition) is 1. The predicted octanol–water partition coefficient (Wildman–Crippen LogP) is 4.97. The number of aliphatic hydroxyl groups is 1. The number of carbonyl (C=O) groups is 2. The summed E-state index contributed by atoms with van der Waals surface area (Å²) >= 11 is 2.07. The van der Waals surface area contributed by atoms with Gasteiger partial charge in [-0.15, -0.1) is 0 Å². The highest BCUT2D eigenvalue weighted by molar-refractivity contribution is 14.2. The molecule has 0 spiro atoms. The minimum Gasteiger partial charge on any atom is -0.384 e. The fourth-order valence-electron chi connectivity index (χ4n) is 0. The summed E-state index contributed by atoms with van der Waals surface area (Å²) < 4.78 is 97.8. The predicted molar refractivity (Wildman–Crippen MR) is 82.1 cm³/mol. The first-order valence-electron chi connectivity index (χ1n) is 4.95. The summed E-state index contributed by atoms with van der Waals surface area (Å²) in [7, 11) is 0. The minimum atomic E-state index is -4.64. The van der Waals surface area contributed by atoms with E-state index in [1.165, 1.54) is 0 Å². The van der Waals surface area contributed by atoms with Crippen molar-refractivity contribution < 1.29 is 65.0 Å². The van der Waals surface area contributed by atoms with Crippen LogP contribution in [0, 0.1) is 0 Å². The van der Waals surface area contributed by atoms with Crippen LogP contribution in [-0.2, 0) is 9.59 Å². The maximum Gasteiger partial charge on any atom is 0.449 e. The van der Waals surface area contributed by atoms with Crippen molar-refractivity contribution in [3.05, 3.63) is 0 Å². The van der Waals surface area contributed by atoms with Crippen molar-refractivity contribution in [2.24, 2.45) is 0 Å². The summed E-state index contributed by atoms with van der Waals surface area (Å²) in [6, 6.07) is 0. The average Bonchev–Trinajstić information content (AvgIpc) is 2.29. The molecule has 0 heterocycles. The van der Waals surface area contributed by atoms with Gasteiger partial charge in [-0.1, -0.05) is 28.9 Å². The molecule has 3 nitrogen and oxygen atoms in total. The van der Waals surface area contributed by atoms with Gasteiger partial charge in [-0.3, -0.25) is 19.0 Å². The molecule has 2 atom stereocenters. The zero-order valence-electron chi connectivity index (χ0n) is 12.5. The van der Waals surface area contributed by atoms with Crippen LogP contribution in [0.5, 0.6) is 0 Å². The second-order valence-electron chi connectivity index (χ2n) is 3.33. The normalized spacial score (nSPS) is 11.3. The number of alkyl halides is 9. The number of halogens is 12. The number of rotatable bonds is 0. The molecule has 25 heavy (non-hydrogen) atoms. The highest BCUT2D eigenvalue weighted by atomic mass is 127. The van der Waals surface area contributed by atoms with Crippen LogP contribution in [0.2, 0.25) is 0 Å². The van der Waals surface area contributed by atoms with Crippen LogP contribution < -0.4 is 0 Å². The van der Waals surface area contributed by atoms with Crippen LogP contribution in [0.4, 0.5) is 48.9 Å². The molecule has 0 saturated heterocycles. The number of ketones is 2. The van der Waals surface area contributed by atoms with Gasteiger partial charge in [0.25, 0.3) is 0 Å². The maximum atomic E-state index is 10.9. The summed E-state index contributed by atoms with van der Waals surface area (Å²) in [4.78, 5) is 18.7. The van der Waals surface area contributed by atoms with E-state index in [0.717, 1.165) is 0 Å². The zero-order chi connectivity index (χ0) is 20.2. The smallest absolute Gasteiger partial charge is 0.384 e. The molecule has 0 aromatic rings. The standard InChI is InChI=1S/C3H5F3O.2C3H3F3O.2FH.H2IP.H2/c3*1-2(7)3(4,5)6;;;1-2;/h2,7H,1H3;2*1H3;2*1H;2H2;1H. The lowest BCUT2D eigenvalue weighted by molar-refractivity contribution is -0.197. The number of carbonyl (C=O) groups excluding carboxylic acids is 2. The molecule has 160 valence electrons. The van der Waals surface area contributed by atoms with Gasteiger partial charge in [0.1, 0.15) is 6.10 Å². The molecule has 0 rings (SSSR count). The van der Waals surface area contributed by atoms with Crippen LogP contribution in [0.1, 0.15) is 22.2 Å². The van der Waals surface area contributed by atoms with Crippen LogP contribution in [0.15, 0.2) is 0 Å². The lowest BCUT2D eigenvalue weighted by Gasteiger charge is -2.06. The molecule has 0 bridgehead atoms. The summed E-state index contributed by atoms with van der Waals surface area (Å²) in [5.74, 6) is -3.51. The maximum absolute atomic E-state index is 10.9. The Hall–Kier alpha value is -0.310. The minimum absolute atomic E-state index is 0. The molecule has 0 aliphatic rings. The lowest BCUT2D eigenvalue weighted by Crippen LogP contribution is -2.24. The molecule has 0 aliphatic carbocycles. The van der Waals surface area contributed by atoms with Crippen molar-refractivity contribution in [1.82, 2.24) is 0 Å². The van der Waals surface area contributed by atoms with Gasteiger partial charge in [-0.05, 0) is 6.92 Å².